The Morgan fingerprint density at radius 2 is 1.86 bits per heavy atom. The maximum absolute atomic E-state index is 12.7. The number of benzene rings is 3. The number of nitrogens with zero attached hydrogens (tertiary/aromatic N) is 2. The number of nitro benzene ring substituents is 1. The predicted octanol–water partition coefficient (Wildman–Crippen LogP) is 6.49. The Morgan fingerprint density at radius 3 is 2.58 bits per heavy atom. The first-order chi connectivity index (χ1) is 17.6. The minimum atomic E-state index is -0.400. The Balaban J connectivity index is 1.47. The van der Waals surface area contributed by atoms with Crippen LogP contribution >= 0.6 is 11.8 Å². The number of Topliss-reactive ketones (excluding diaryl/α,β-unsaturated/α-hetero) is 1. The lowest BCUT2D eigenvalue weighted by Gasteiger charge is -2.25. The largest absolute Gasteiger partial charge is 0.485 e. The van der Waals surface area contributed by atoms with E-state index in [-0.39, 0.29) is 17.6 Å². The number of nitrogens with one attached hydrogen (secondary N) is 1. The quantitative estimate of drug-likeness (QED) is 0.161. The molecule has 0 amide bonds. The molecule has 36 heavy (non-hydrogen) atoms. The number of rotatable bonds is 9. The van der Waals surface area contributed by atoms with Gasteiger partial charge in [0, 0.05) is 59.1 Å². The van der Waals surface area contributed by atoms with Gasteiger partial charge in [-0.3, -0.25) is 14.9 Å². The lowest BCUT2D eigenvalue weighted by Crippen LogP contribution is -2.16. The van der Waals surface area contributed by atoms with Gasteiger partial charge in [0.1, 0.15) is 17.7 Å². The van der Waals surface area contributed by atoms with E-state index in [2.05, 4.69) is 9.97 Å². The first-order valence-corrected chi connectivity index (χ1v) is 12.8. The van der Waals surface area contributed by atoms with Crippen molar-refractivity contribution in [2.45, 2.75) is 42.4 Å². The normalized spacial score (nSPS) is 13.7. The van der Waals surface area contributed by atoms with Gasteiger partial charge in [0.2, 0.25) is 0 Å². The molecule has 4 aromatic rings. The van der Waals surface area contributed by atoms with Crippen molar-refractivity contribution in [3.8, 4) is 5.75 Å². The molecule has 0 fully saturated rings. The van der Waals surface area contributed by atoms with Crippen molar-refractivity contribution in [2.24, 2.45) is 0 Å². The van der Waals surface area contributed by atoms with Crippen LogP contribution < -0.4 is 4.74 Å². The number of aromatic amines is 1. The number of hydrogen-bond acceptors (Lipinski definition) is 6. The molecule has 3 aromatic carbocycles. The van der Waals surface area contributed by atoms with Gasteiger partial charge in [0.05, 0.1) is 4.92 Å². The van der Waals surface area contributed by atoms with Gasteiger partial charge in [0.25, 0.3) is 5.69 Å². The summed E-state index contributed by atoms with van der Waals surface area (Å²) in [6, 6.07) is 20.4. The van der Waals surface area contributed by atoms with E-state index in [1.165, 1.54) is 12.1 Å². The number of non-ortho nitro benzene ring substituents is 1. The van der Waals surface area contributed by atoms with Gasteiger partial charge in [0.15, 0.2) is 5.78 Å². The van der Waals surface area contributed by atoms with Crippen LogP contribution in [-0.2, 0) is 18.6 Å². The average molecular weight is 500 g/mol. The Labute approximate surface area is 213 Å². The predicted molar refractivity (Wildman–Crippen MR) is 138 cm³/mol. The SMILES string of the molecule is O=C1CCCc2c1ccc(O[C@@H](Cc1ncc[nH]1)c1ccccc1)c2CSc1ccc([N+](=O)[O-])cc1. The molecule has 1 aliphatic carbocycles. The molecule has 182 valence electrons. The number of carbonyl (C=O) groups excluding carboxylic acids is 1. The van der Waals surface area contributed by atoms with E-state index in [0.29, 0.717) is 18.6 Å². The second-order valence-corrected chi connectivity index (χ2v) is 9.69. The molecular weight excluding hydrogens is 474 g/mol. The van der Waals surface area contributed by atoms with Gasteiger partial charge in [-0.25, -0.2) is 4.98 Å². The third-order valence-corrected chi connectivity index (χ3v) is 7.36. The molecule has 0 bridgehead atoms. The Morgan fingerprint density at radius 1 is 1.06 bits per heavy atom. The van der Waals surface area contributed by atoms with Gasteiger partial charge in [-0.15, -0.1) is 11.8 Å². The van der Waals surface area contributed by atoms with Crippen LogP contribution in [0.2, 0.25) is 0 Å². The number of H-pyrrole nitrogens is 1. The number of ether oxygens (including phenoxy) is 1. The Bertz CT molecular complexity index is 1360. The number of thioether (sulfide) groups is 1. The molecule has 7 nitrogen and oxygen atoms in total. The van der Waals surface area contributed by atoms with Crippen molar-refractivity contribution in [2.75, 3.05) is 0 Å². The van der Waals surface area contributed by atoms with Gasteiger partial charge in [-0.1, -0.05) is 30.3 Å². The van der Waals surface area contributed by atoms with Gasteiger partial charge in [-0.05, 0) is 48.2 Å². The fraction of sp³-hybridized carbons (Fsp3) is 0.214. The molecule has 0 radical (unpaired) electrons. The number of fused-ring (bicyclic) bond motifs is 1. The molecule has 0 aliphatic heterocycles. The molecule has 0 unspecified atom stereocenters. The molecule has 0 saturated heterocycles. The molecule has 1 aliphatic rings. The zero-order chi connectivity index (χ0) is 24.9. The topological polar surface area (TPSA) is 98.1 Å². The monoisotopic (exact) mass is 499 g/mol. The summed E-state index contributed by atoms with van der Waals surface area (Å²) in [5.41, 5.74) is 3.92. The van der Waals surface area contributed by atoms with Crippen molar-refractivity contribution in [3.05, 3.63) is 117 Å². The van der Waals surface area contributed by atoms with Crippen molar-refractivity contribution in [1.82, 2.24) is 9.97 Å². The van der Waals surface area contributed by atoms with Crippen LogP contribution in [0.15, 0.2) is 84.0 Å². The van der Waals surface area contributed by atoms with E-state index >= 15 is 0 Å². The van der Waals surface area contributed by atoms with E-state index in [1.807, 2.05) is 42.5 Å². The number of imidazole rings is 1. The smallest absolute Gasteiger partial charge is 0.269 e. The maximum Gasteiger partial charge on any atom is 0.269 e. The molecule has 8 heteroatoms. The minimum absolute atomic E-state index is 0.0645. The van der Waals surface area contributed by atoms with Gasteiger partial charge in [-0.2, -0.15) is 0 Å². The molecule has 0 saturated carbocycles. The summed E-state index contributed by atoms with van der Waals surface area (Å²) in [6.07, 6.45) is 6.04. The lowest BCUT2D eigenvalue weighted by molar-refractivity contribution is -0.384. The Hall–Kier alpha value is -3.91. The number of nitro groups is 1. The molecule has 1 aromatic heterocycles. The van der Waals surface area contributed by atoms with Crippen molar-refractivity contribution in [1.29, 1.82) is 0 Å². The summed E-state index contributed by atoms with van der Waals surface area (Å²) in [4.78, 5) is 31.7. The highest BCUT2D eigenvalue weighted by Gasteiger charge is 2.25. The van der Waals surface area contributed by atoms with Crippen molar-refractivity contribution >= 4 is 23.2 Å². The molecule has 1 atom stereocenters. The molecule has 0 spiro atoms. The zero-order valence-electron chi connectivity index (χ0n) is 19.6. The number of hydrogen-bond donors (Lipinski definition) is 1. The van der Waals surface area contributed by atoms with E-state index in [1.54, 1.807) is 36.3 Å². The molecule has 5 rings (SSSR count). The summed E-state index contributed by atoms with van der Waals surface area (Å²) in [7, 11) is 0. The first kappa shape index (κ1) is 23.8. The fourth-order valence-corrected chi connectivity index (χ4v) is 5.46. The van der Waals surface area contributed by atoms with E-state index < -0.39 is 4.92 Å². The van der Waals surface area contributed by atoms with Crippen LogP contribution in [-0.4, -0.2) is 20.7 Å². The Kier molecular flexibility index (Phi) is 7.13. The van der Waals surface area contributed by atoms with Crippen LogP contribution in [0.25, 0.3) is 0 Å². The lowest BCUT2D eigenvalue weighted by atomic mass is 9.87. The van der Waals surface area contributed by atoms with E-state index in [4.69, 9.17) is 4.74 Å². The van der Waals surface area contributed by atoms with Gasteiger partial charge >= 0.3 is 0 Å². The second kappa shape index (κ2) is 10.8. The fourth-order valence-electron chi connectivity index (χ4n) is 4.50. The summed E-state index contributed by atoms with van der Waals surface area (Å²) in [5.74, 6) is 2.34. The third kappa shape index (κ3) is 5.33. The highest BCUT2D eigenvalue weighted by molar-refractivity contribution is 7.98. The standard InChI is InChI=1S/C28H25N3O4S/c32-25-8-4-7-22-23(25)13-14-26(24(22)18-36-21-11-9-20(10-12-21)31(33)34)35-27(17-28-29-15-16-30-28)19-5-2-1-3-6-19/h1-3,5-6,9-16,27H,4,7-8,17-18H2,(H,29,30)/t27-/m0/s1. The molecule has 1 heterocycles. The summed E-state index contributed by atoms with van der Waals surface area (Å²) < 4.78 is 6.67. The van der Waals surface area contributed by atoms with Crippen LogP contribution in [0, 0.1) is 10.1 Å². The van der Waals surface area contributed by atoms with Crippen LogP contribution in [0.1, 0.15) is 51.8 Å². The summed E-state index contributed by atoms with van der Waals surface area (Å²) >= 11 is 1.58. The third-order valence-electron chi connectivity index (χ3n) is 6.32. The highest BCUT2D eigenvalue weighted by atomic mass is 32.2. The first-order valence-electron chi connectivity index (χ1n) is 11.8. The average Bonchev–Trinajstić information content (AvgIpc) is 3.42. The van der Waals surface area contributed by atoms with Crippen LogP contribution in [0.3, 0.4) is 0 Å². The van der Waals surface area contributed by atoms with Crippen LogP contribution in [0.4, 0.5) is 5.69 Å². The highest BCUT2D eigenvalue weighted by Crippen LogP contribution is 2.38. The van der Waals surface area contributed by atoms with Crippen molar-refractivity contribution < 1.29 is 14.5 Å². The number of ketones is 1. The van der Waals surface area contributed by atoms with Gasteiger partial charge < -0.3 is 9.72 Å². The number of carbonyl (C=O) groups is 1. The van der Waals surface area contributed by atoms with E-state index in [0.717, 1.165) is 51.6 Å². The molecule has 1 N–H and O–H groups in total. The number of aromatic nitrogens is 2. The maximum atomic E-state index is 12.7. The van der Waals surface area contributed by atoms with E-state index in [9.17, 15) is 14.9 Å². The van der Waals surface area contributed by atoms with Crippen molar-refractivity contribution in [3.63, 3.8) is 0 Å². The van der Waals surface area contributed by atoms with Crippen LogP contribution in [0.5, 0.6) is 5.75 Å². The second-order valence-electron chi connectivity index (χ2n) is 8.64. The summed E-state index contributed by atoms with van der Waals surface area (Å²) in [6.45, 7) is 0. The minimum Gasteiger partial charge on any atom is -0.485 e. The summed E-state index contributed by atoms with van der Waals surface area (Å²) in [5, 5.41) is 11.0. The molecular formula is C28H25N3O4S. The zero-order valence-corrected chi connectivity index (χ0v) is 20.4.